The zero-order valence-corrected chi connectivity index (χ0v) is 16.0. The highest BCUT2D eigenvalue weighted by molar-refractivity contribution is 5.77. The van der Waals surface area contributed by atoms with E-state index in [1.54, 1.807) is 0 Å². The van der Waals surface area contributed by atoms with Crippen molar-refractivity contribution >= 4 is 10.9 Å². The zero-order chi connectivity index (χ0) is 18.7. The van der Waals surface area contributed by atoms with E-state index in [2.05, 4.69) is 60.8 Å². The van der Waals surface area contributed by atoms with Crippen molar-refractivity contribution in [1.82, 2.24) is 14.9 Å². The molecule has 0 spiro atoms. The van der Waals surface area contributed by atoms with Crippen molar-refractivity contribution < 1.29 is 0 Å². The van der Waals surface area contributed by atoms with E-state index in [1.807, 2.05) is 24.3 Å². The van der Waals surface area contributed by atoms with Gasteiger partial charge in [0, 0.05) is 12.6 Å². The Hall–Kier alpha value is -2.46. The lowest BCUT2D eigenvalue weighted by atomic mass is 10.1. The normalized spacial score (nSPS) is 12.7. The fourth-order valence-electron chi connectivity index (χ4n) is 3.42. The lowest BCUT2D eigenvalue weighted by Gasteiger charge is -2.28. The van der Waals surface area contributed by atoms with E-state index >= 15 is 0 Å². The van der Waals surface area contributed by atoms with Crippen LogP contribution in [-0.2, 0) is 13.1 Å². The molecule has 4 heteroatoms. The summed E-state index contributed by atoms with van der Waals surface area (Å²) in [5.74, 6) is 0.721. The van der Waals surface area contributed by atoms with Gasteiger partial charge in [0.2, 0.25) is 0 Å². The van der Waals surface area contributed by atoms with Crippen LogP contribution in [0.2, 0.25) is 0 Å². The van der Waals surface area contributed by atoms with Gasteiger partial charge in [0.25, 0.3) is 5.56 Å². The Bertz CT molecular complexity index is 941. The maximum absolute atomic E-state index is 12.4. The molecule has 0 aliphatic heterocycles. The molecule has 26 heavy (non-hydrogen) atoms. The van der Waals surface area contributed by atoms with E-state index in [9.17, 15) is 4.79 Å². The van der Waals surface area contributed by atoms with E-state index < -0.39 is 0 Å². The van der Waals surface area contributed by atoms with Crippen LogP contribution in [0.15, 0.2) is 47.3 Å². The van der Waals surface area contributed by atoms with Crippen molar-refractivity contribution in [2.75, 3.05) is 0 Å². The highest BCUT2D eigenvalue weighted by atomic mass is 16.1. The van der Waals surface area contributed by atoms with Gasteiger partial charge in [0.1, 0.15) is 5.82 Å². The van der Waals surface area contributed by atoms with Crippen molar-refractivity contribution in [3.05, 3.63) is 75.3 Å². The van der Waals surface area contributed by atoms with Gasteiger partial charge in [-0.2, -0.15) is 0 Å². The van der Waals surface area contributed by atoms with Gasteiger partial charge in [0.05, 0.1) is 17.4 Å². The molecule has 0 saturated carbocycles. The molecule has 3 aromatic rings. The van der Waals surface area contributed by atoms with Crippen molar-refractivity contribution in [2.24, 2.45) is 0 Å². The van der Waals surface area contributed by atoms with Crippen molar-refractivity contribution in [3.8, 4) is 0 Å². The standard InChI is InChI=1S/C22H27N3O/c1-5-17(4)25(13-18-11-15(2)10-16(3)12-18)14-21-23-20-9-7-6-8-19(20)22(26)24-21/h6-12,17H,5,13-14H2,1-4H3,(H,23,24,26). The number of benzene rings is 2. The van der Waals surface area contributed by atoms with Crippen LogP contribution in [0.3, 0.4) is 0 Å². The molecule has 1 aromatic heterocycles. The number of nitrogens with zero attached hydrogens (tertiary/aromatic N) is 2. The van der Waals surface area contributed by atoms with E-state index in [0.717, 1.165) is 24.3 Å². The van der Waals surface area contributed by atoms with Crippen LogP contribution in [0, 0.1) is 13.8 Å². The SMILES string of the molecule is CCC(C)N(Cc1cc(C)cc(C)c1)Cc1nc2ccccc2c(=O)[nH]1. The summed E-state index contributed by atoms with van der Waals surface area (Å²) in [6, 6.07) is 14.5. The summed E-state index contributed by atoms with van der Waals surface area (Å²) in [5.41, 5.74) is 4.54. The minimum absolute atomic E-state index is 0.0684. The lowest BCUT2D eigenvalue weighted by molar-refractivity contribution is 0.181. The van der Waals surface area contributed by atoms with Crippen LogP contribution in [0.1, 0.15) is 42.8 Å². The topological polar surface area (TPSA) is 49.0 Å². The third-order valence-electron chi connectivity index (χ3n) is 4.90. The van der Waals surface area contributed by atoms with Gasteiger partial charge < -0.3 is 4.98 Å². The first kappa shape index (κ1) is 18.3. The Labute approximate surface area is 154 Å². The molecule has 0 fully saturated rings. The van der Waals surface area contributed by atoms with E-state index in [-0.39, 0.29) is 5.56 Å². The van der Waals surface area contributed by atoms with Crippen LogP contribution in [0.5, 0.6) is 0 Å². The van der Waals surface area contributed by atoms with Gasteiger partial charge >= 0.3 is 0 Å². The average molecular weight is 349 g/mol. The summed E-state index contributed by atoms with van der Waals surface area (Å²) in [6.45, 7) is 10.1. The summed E-state index contributed by atoms with van der Waals surface area (Å²) in [4.78, 5) is 22.4. The molecule has 4 nitrogen and oxygen atoms in total. The predicted octanol–water partition coefficient (Wildman–Crippen LogP) is 4.34. The Balaban J connectivity index is 1.90. The van der Waals surface area contributed by atoms with Crippen LogP contribution in [-0.4, -0.2) is 20.9 Å². The maximum atomic E-state index is 12.4. The van der Waals surface area contributed by atoms with Gasteiger partial charge in [-0.1, -0.05) is 48.4 Å². The smallest absolute Gasteiger partial charge is 0.258 e. The van der Waals surface area contributed by atoms with Gasteiger partial charge in [-0.05, 0) is 44.9 Å². The molecule has 0 saturated heterocycles. The van der Waals surface area contributed by atoms with Crippen molar-refractivity contribution in [2.45, 2.75) is 53.2 Å². The molecule has 1 unspecified atom stereocenters. The fraction of sp³-hybridized carbons (Fsp3) is 0.364. The molecule has 0 radical (unpaired) electrons. The van der Waals surface area contributed by atoms with Crippen molar-refractivity contribution in [1.29, 1.82) is 0 Å². The molecule has 0 bridgehead atoms. The number of aromatic amines is 1. The van der Waals surface area contributed by atoms with Crippen LogP contribution in [0.25, 0.3) is 10.9 Å². The third kappa shape index (κ3) is 4.20. The Kier molecular flexibility index (Phi) is 5.52. The second kappa shape index (κ2) is 7.83. The Morgan fingerprint density at radius 1 is 1.08 bits per heavy atom. The molecular weight excluding hydrogens is 322 g/mol. The molecule has 0 aliphatic carbocycles. The van der Waals surface area contributed by atoms with Gasteiger partial charge in [-0.15, -0.1) is 0 Å². The number of para-hydroxylation sites is 1. The lowest BCUT2D eigenvalue weighted by Crippen LogP contribution is -2.33. The molecule has 0 amide bonds. The molecule has 1 N–H and O–H groups in total. The average Bonchev–Trinajstić information content (AvgIpc) is 2.59. The molecule has 136 valence electrons. The van der Waals surface area contributed by atoms with E-state index in [4.69, 9.17) is 0 Å². The molecule has 1 heterocycles. The van der Waals surface area contributed by atoms with E-state index in [0.29, 0.717) is 18.0 Å². The third-order valence-corrected chi connectivity index (χ3v) is 4.90. The minimum Gasteiger partial charge on any atom is -0.309 e. The number of H-pyrrole nitrogens is 1. The Morgan fingerprint density at radius 2 is 1.77 bits per heavy atom. The number of hydrogen-bond donors (Lipinski definition) is 1. The highest BCUT2D eigenvalue weighted by Gasteiger charge is 2.16. The van der Waals surface area contributed by atoms with Gasteiger partial charge in [-0.3, -0.25) is 9.69 Å². The maximum Gasteiger partial charge on any atom is 0.258 e. The van der Waals surface area contributed by atoms with E-state index in [1.165, 1.54) is 16.7 Å². The summed E-state index contributed by atoms with van der Waals surface area (Å²) in [5, 5.41) is 0.639. The van der Waals surface area contributed by atoms with Gasteiger partial charge in [0.15, 0.2) is 0 Å². The number of aryl methyl sites for hydroxylation is 2. The number of hydrogen-bond acceptors (Lipinski definition) is 3. The molecule has 3 rings (SSSR count). The molecule has 1 atom stereocenters. The van der Waals surface area contributed by atoms with Crippen molar-refractivity contribution in [3.63, 3.8) is 0 Å². The molecule has 0 aliphatic rings. The molecular formula is C22H27N3O. The van der Waals surface area contributed by atoms with Crippen LogP contribution in [0.4, 0.5) is 0 Å². The fourth-order valence-corrected chi connectivity index (χ4v) is 3.42. The zero-order valence-electron chi connectivity index (χ0n) is 16.0. The number of nitrogens with one attached hydrogen (secondary N) is 1. The highest BCUT2D eigenvalue weighted by Crippen LogP contribution is 2.17. The largest absolute Gasteiger partial charge is 0.309 e. The number of fused-ring (bicyclic) bond motifs is 1. The molecule has 2 aromatic carbocycles. The monoisotopic (exact) mass is 349 g/mol. The first-order chi connectivity index (χ1) is 12.5. The minimum atomic E-state index is -0.0684. The number of rotatable bonds is 6. The summed E-state index contributed by atoms with van der Waals surface area (Å²) in [7, 11) is 0. The Morgan fingerprint density at radius 3 is 2.46 bits per heavy atom. The number of aromatic nitrogens is 2. The van der Waals surface area contributed by atoms with Crippen LogP contribution >= 0.6 is 0 Å². The summed E-state index contributed by atoms with van der Waals surface area (Å²) in [6.07, 6.45) is 1.04. The second-order valence-corrected chi connectivity index (χ2v) is 7.19. The second-order valence-electron chi connectivity index (χ2n) is 7.19. The first-order valence-corrected chi connectivity index (χ1v) is 9.25. The quantitative estimate of drug-likeness (QED) is 0.720. The van der Waals surface area contributed by atoms with Gasteiger partial charge in [-0.25, -0.2) is 4.98 Å². The summed E-state index contributed by atoms with van der Waals surface area (Å²) < 4.78 is 0. The van der Waals surface area contributed by atoms with Crippen LogP contribution < -0.4 is 5.56 Å². The predicted molar refractivity (Wildman–Crippen MR) is 107 cm³/mol. The summed E-state index contributed by atoms with van der Waals surface area (Å²) >= 11 is 0. The first-order valence-electron chi connectivity index (χ1n) is 9.25.